The summed E-state index contributed by atoms with van der Waals surface area (Å²) < 4.78 is 0.210. The molecule has 0 aromatic heterocycles. The Bertz CT molecular complexity index is 319. The lowest BCUT2D eigenvalue weighted by molar-refractivity contribution is -0.906. The molecule has 0 saturated heterocycles. The van der Waals surface area contributed by atoms with Crippen LogP contribution in [0.2, 0.25) is 0 Å². The summed E-state index contributed by atoms with van der Waals surface area (Å²) in [4.78, 5) is 23.8. The average Bonchev–Trinajstić information content (AvgIpc) is 2.13. The van der Waals surface area contributed by atoms with Gasteiger partial charge in [0.2, 0.25) is 5.91 Å². The molecule has 5 heteroatoms. The summed E-state index contributed by atoms with van der Waals surface area (Å²) in [6, 6.07) is 0. The minimum atomic E-state index is -1.30. The van der Waals surface area contributed by atoms with Crippen molar-refractivity contribution in [3.05, 3.63) is 25.3 Å². The van der Waals surface area contributed by atoms with E-state index in [-0.39, 0.29) is 17.4 Å². The Hall–Kier alpha value is -1.62. The normalized spacial score (nSPS) is 11.7. The maximum Gasteiger partial charge on any atom is 0.281 e. The second-order valence-electron chi connectivity index (χ2n) is 4.89. The molecular weight excluding hydrogens is 218 g/mol. The first-order valence-corrected chi connectivity index (χ1v) is 5.35. The zero-order chi connectivity index (χ0) is 13.7. The van der Waals surface area contributed by atoms with Crippen molar-refractivity contribution in [2.24, 2.45) is 11.1 Å². The van der Waals surface area contributed by atoms with Gasteiger partial charge in [-0.25, -0.2) is 10.0 Å². The van der Waals surface area contributed by atoms with Gasteiger partial charge in [-0.1, -0.05) is 12.2 Å². The van der Waals surface area contributed by atoms with E-state index in [0.29, 0.717) is 0 Å². The molecule has 0 aromatic rings. The molecule has 0 aliphatic carbocycles. The van der Waals surface area contributed by atoms with Crippen molar-refractivity contribution in [3.8, 4) is 0 Å². The van der Waals surface area contributed by atoms with Crippen molar-refractivity contribution < 1.29 is 14.2 Å². The van der Waals surface area contributed by atoms with Crippen molar-refractivity contribution in [1.29, 1.82) is 0 Å². The maximum atomic E-state index is 12.2. The largest absolute Gasteiger partial charge is 0.369 e. The Morgan fingerprint density at radius 2 is 1.65 bits per heavy atom. The first kappa shape index (κ1) is 15.4. The molecule has 5 nitrogen and oxygen atoms in total. The first-order valence-electron chi connectivity index (χ1n) is 5.35. The van der Waals surface area contributed by atoms with Crippen LogP contribution < -0.4 is 11.2 Å². The summed E-state index contributed by atoms with van der Waals surface area (Å²) in [5.74, 6) is -1.07. The number of nitrogens with one attached hydrogen (secondary N) is 1. The van der Waals surface area contributed by atoms with E-state index in [1.54, 1.807) is 21.1 Å². The van der Waals surface area contributed by atoms with E-state index >= 15 is 0 Å². The van der Waals surface area contributed by atoms with Gasteiger partial charge in [0, 0.05) is 0 Å². The monoisotopic (exact) mass is 240 g/mol. The van der Waals surface area contributed by atoms with E-state index in [9.17, 15) is 9.59 Å². The quantitative estimate of drug-likeness (QED) is 0.292. The van der Waals surface area contributed by atoms with Gasteiger partial charge in [0.1, 0.15) is 5.41 Å². The third-order valence-electron chi connectivity index (χ3n) is 2.33. The van der Waals surface area contributed by atoms with Crippen LogP contribution in [0.4, 0.5) is 0 Å². The molecule has 0 fully saturated rings. The zero-order valence-electron chi connectivity index (χ0n) is 10.8. The lowest BCUT2D eigenvalue weighted by atomic mass is 9.79. The van der Waals surface area contributed by atoms with Crippen LogP contribution in [-0.4, -0.2) is 37.5 Å². The lowest BCUT2D eigenvalue weighted by Crippen LogP contribution is -2.59. The third-order valence-corrected chi connectivity index (χ3v) is 2.33. The molecule has 2 amide bonds. The van der Waals surface area contributed by atoms with Crippen LogP contribution in [0.5, 0.6) is 0 Å². The van der Waals surface area contributed by atoms with Gasteiger partial charge in [0.15, 0.2) is 0 Å². The fourth-order valence-electron chi connectivity index (χ4n) is 1.49. The van der Waals surface area contributed by atoms with Crippen molar-refractivity contribution in [1.82, 2.24) is 5.43 Å². The van der Waals surface area contributed by atoms with Gasteiger partial charge in [-0.05, 0) is 12.8 Å². The van der Waals surface area contributed by atoms with Crippen LogP contribution in [-0.2, 0) is 9.59 Å². The molecule has 0 saturated carbocycles. The third kappa shape index (κ3) is 4.03. The summed E-state index contributed by atoms with van der Waals surface area (Å²) in [5.41, 5.74) is 6.78. The molecule has 0 spiro atoms. The minimum Gasteiger partial charge on any atom is -0.369 e. The van der Waals surface area contributed by atoms with Gasteiger partial charge >= 0.3 is 0 Å². The number of carbonyl (C=O) groups excluding carboxylic acids is 2. The van der Waals surface area contributed by atoms with E-state index in [0.717, 1.165) is 0 Å². The Morgan fingerprint density at radius 1 is 1.24 bits per heavy atom. The first-order chi connectivity index (χ1) is 7.69. The number of hydrogen-bond donors (Lipinski definition) is 2. The zero-order valence-corrected chi connectivity index (χ0v) is 10.8. The number of amides is 2. The maximum absolute atomic E-state index is 12.2. The van der Waals surface area contributed by atoms with Crippen LogP contribution in [0.15, 0.2) is 25.3 Å². The van der Waals surface area contributed by atoms with Gasteiger partial charge in [-0.15, -0.1) is 13.2 Å². The number of allylic oxidation sites excluding steroid dienone is 2. The summed E-state index contributed by atoms with van der Waals surface area (Å²) >= 11 is 0. The van der Waals surface area contributed by atoms with Gasteiger partial charge in [0.05, 0.1) is 21.1 Å². The van der Waals surface area contributed by atoms with E-state index in [1.165, 1.54) is 12.2 Å². The van der Waals surface area contributed by atoms with Crippen LogP contribution in [0.25, 0.3) is 0 Å². The molecule has 0 rings (SSSR count). The van der Waals surface area contributed by atoms with Crippen LogP contribution in [0.1, 0.15) is 12.8 Å². The highest BCUT2D eigenvalue weighted by Gasteiger charge is 2.44. The van der Waals surface area contributed by atoms with Crippen molar-refractivity contribution in [3.63, 3.8) is 0 Å². The Kier molecular flexibility index (Phi) is 5.10. The fraction of sp³-hybridized carbons (Fsp3) is 0.500. The van der Waals surface area contributed by atoms with Crippen molar-refractivity contribution in [2.75, 3.05) is 21.1 Å². The molecule has 3 N–H and O–H groups in total. The molecular formula is C12H22N3O2+. The standard InChI is InChI=1S/C12H21N3O2/c1-6-8-12(9-7-2,10(13)16)11(17)14-15(3,4)5/h6-7H,1-2,8-9H2,3-5H3,(H2-,13,14,16,17)/p+1. The predicted molar refractivity (Wildman–Crippen MR) is 67.4 cm³/mol. The summed E-state index contributed by atoms with van der Waals surface area (Å²) in [6.07, 6.45) is 3.42. The predicted octanol–water partition coefficient (Wildman–Crippen LogP) is 0.348. The summed E-state index contributed by atoms with van der Waals surface area (Å²) in [7, 11) is 5.35. The number of hydrogen-bond acceptors (Lipinski definition) is 2. The van der Waals surface area contributed by atoms with E-state index < -0.39 is 17.2 Å². The lowest BCUT2D eigenvalue weighted by Gasteiger charge is -2.31. The van der Waals surface area contributed by atoms with Crippen molar-refractivity contribution in [2.45, 2.75) is 12.8 Å². The molecule has 17 heavy (non-hydrogen) atoms. The second-order valence-corrected chi connectivity index (χ2v) is 4.89. The molecule has 0 atom stereocenters. The fourth-order valence-corrected chi connectivity index (χ4v) is 1.49. The SMILES string of the molecule is C=CCC(CC=C)(C(N)=O)C(=O)N[N+](C)(C)C. The molecule has 0 aliphatic heterocycles. The molecule has 0 aliphatic rings. The molecule has 0 bridgehead atoms. The number of nitrogens with two attached hydrogens (primary N) is 1. The van der Waals surface area contributed by atoms with Crippen molar-refractivity contribution >= 4 is 11.8 Å². The van der Waals surface area contributed by atoms with Gasteiger partial charge < -0.3 is 5.73 Å². The Morgan fingerprint density at radius 3 is 1.88 bits per heavy atom. The number of carbonyl (C=O) groups is 2. The van der Waals surface area contributed by atoms with E-state index in [2.05, 4.69) is 18.6 Å². The topological polar surface area (TPSA) is 72.2 Å². The van der Waals surface area contributed by atoms with Crippen LogP contribution in [0.3, 0.4) is 0 Å². The smallest absolute Gasteiger partial charge is 0.281 e. The molecule has 96 valence electrons. The highest BCUT2D eigenvalue weighted by molar-refractivity contribution is 6.04. The van der Waals surface area contributed by atoms with Crippen LogP contribution >= 0.6 is 0 Å². The van der Waals surface area contributed by atoms with E-state index in [4.69, 9.17) is 5.73 Å². The summed E-state index contributed by atoms with van der Waals surface area (Å²) in [6.45, 7) is 7.12. The average molecular weight is 240 g/mol. The summed E-state index contributed by atoms with van der Waals surface area (Å²) in [5, 5.41) is 0. The van der Waals surface area contributed by atoms with Gasteiger partial charge in [0.25, 0.3) is 5.91 Å². The minimum absolute atomic E-state index is 0.195. The van der Waals surface area contributed by atoms with Gasteiger partial charge in [-0.3, -0.25) is 9.59 Å². The Labute approximate surface area is 103 Å². The van der Waals surface area contributed by atoms with Gasteiger partial charge in [-0.2, -0.15) is 0 Å². The number of quaternary nitrogens is 1. The molecule has 0 radical (unpaired) electrons. The highest BCUT2D eigenvalue weighted by atomic mass is 16.2. The highest BCUT2D eigenvalue weighted by Crippen LogP contribution is 2.28. The van der Waals surface area contributed by atoms with Crippen LogP contribution in [0, 0.1) is 5.41 Å². The number of primary amides is 1. The molecule has 0 heterocycles. The Balaban J connectivity index is 5.27. The van der Waals surface area contributed by atoms with E-state index in [1.807, 2.05) is 0 Å². The number of nitrogens with zero attached hydrogens (tertiary/aromatic N) is 1. The molecule has 0 unspecified atom stereocenters. The number of rotatable bonds is 7. The molecule has 0 aromatic carbocycles. The second kappa shape index (κ2) is 5.63.